The van der Waals surface area contributed by atoms with E-state index in [-0.39, 0.29) is 5.97 Å². The van der Waals surface area contributed by atoms with Gasteiger partial charge in [0.25, 0.3) is 0 Å². The van der Waals surface area contributed by atoms with Gasteiger partial charge >= 0.3 is 5.97 Å². The molecule has 8 heteroatoms. The molecule has 0 unspecified atom stereocenters. The Hall–Kier alpha value is -4.17. The van der Waals surface area contributed by atoms with Crippen molar-refractivity contribution in [2.45, 2.75) is 40.8 Å². The number of aromatic nitrogens is 5. The third-order valence-electron chi connectivity index (χ3n) is 6.44. The molecule has 3 aromatic heterocycles. The lowest BCUT2D eigenvalue weighted by atomic mass is 9.97. The lowest BCUT2D eigenvalue weighted by molar-refractivity contribution is -0.152. The summed E-state index contributed by atoms with van der Waals surface area (Å²) >= 11 is 0. The molecule has 8 nitrogen and oxygen atoms in total. The van der Waals surface area contributed by atoms with E-state index >= 15 is 0 Å². The Bertz CT molecular complexity index is 1600. The third kappa shape index (κ3) is 5.70. The normalized spacial score (nSPS) is 11.8. The van der Waals surface area contributed by atoms with Crippen molar-refractivity contribution in [3.63, 3.8) is 0 Å². The maximum Gasteiger partial charge on any atom is 0.311 e. The first-order valence-electron chi connectivity index (χ1n) is 12.8. The van der Waals surface area contributed by atoms with E-state index in [0.29, 0.717) is 26.2 Å². The summed E-state index contributed by atoms with van der Waals surface area (Å²) in [5, 5.41) is 13.1. The van der Waals surface area contributed by atoms with Gasteiger partial charge in [-0.15, -0.1) is 5.10 Å². The van der Waals surface area contributed by atoms with E-state index in [1.807, 2.05) is 49.7 Å². The van der Waals surface area contributed by atoms with E-state index in [1.165, 1.54) is 11.1 Å². The van der Waals surface area contributed by atoms with Crippen LogP contribution in [0, 0.1) is 12.3 Å². The van der Waals surface area contributed by atoms with Crippen molar-refractivity contribution in [3.8, 4) is 11.3 Å². The highest BCUT2D eigenvalue weighted by molar-refractivity contribution is 5.79. The Balaban J connectivity index is 1.27. The van der Waals surface area contributed by atoms with Crippen LogP contribution in [0.15, 0.2) is 66.9 Å². The van der Waals surface area contributed by atoms with Gasteiger partial charge in [-0.05, 0) is 80.8 Å². The van der Waals surface area contributed by atoms with Crippen LogP contribution < -0.4 is 5.32 Å². The summed E-state index contributed by atoms with van der Waals surface area (Å²) in [5.41, 5.74) is 7.39. The summed E-state index contributed by atoms with van der Waals surface area (Å²) < 4.78 is 7.16. The van der Waals surface area contributed by atoms with Crippen molar-refractivity contribution in [2.24, 2.45) is 5.41 Å². The van der Waals surface area contributed by atoms with Gasteiger partial charge in [0.2, 0.25) is 0 Å². The molecule has 0 radical (unpaired) electrons. The smallest absolute Gasteiger partial charge is 0.311 e. The van der Waals surface area contributed by atoms with E-state index in [1.54, 1.807) is 6.20 Å². The fraction of sp³-hybridized carbons (Fsp3) is 0.300. The maximum absolute atomic E-state index is 11.9. The topological polar surface area (TPSA) is 94.8 Å². The van der Waals surface area contributed by atoms with Gasteiger partial charge in [-0.2, -0.15) is 0 Å². The lowest BCUT2D eigenvalue weighted by Gasteiger charge is -2.16. The quantitative estimate of drug-likeness (QED) is 0.231. The van der Waals surface area contributed by atoms with Crippen molar-refractivity contribution >= 4 is 28.0 Å². The molecule has 0 bridgehead atoms. The minimum absolute atomic E-state index is 0.185. The van der Waals surface area contributed by atoms with E-state index in [0.717, 1.165) is 38.9 Å². The molecule has 5 aromatic rings. The SMILES string of the molecule is Cc1cc(-c2ccc3nnn(Cc4ccc5ncccc5c4)c3n2)ccc1CNCCOC(=O)C(C)(C)C. The van der Waals surface area contributed by atoms with E-state index in [4.69, 9.17) is 9.72 Å². The van der Waals surface area contributed by atoms with Gasteiger partial charge in [0.1, 0.15) is 12.1 Å². The molecular formula is C30H32N6O2. The number of aryl methyl sites for hydroxylation is 1. The van der Waals surface area contributed by atoms with Crippen LogP contribution >= 0.6 is 0 Å². The van der Waals surface area contributed by atoms with Gasteiger partial charge in [-0.3, -0.25) is 9.78 Å². The fourth-order valence-corrected chi connectivity index (χ4v) is 4.23. The van der Waals surface area contributed by atoms with Crippen molar-refractivity contribution in [1.82, 2.24) is 30.3 Å². The van der Waals surface area contributed by atoms with Crippen LogP contribution in [0.1, 0.15) is 37.5 Å². The molecule has 0 aliphatic carbocycles. The highest BCUT2D eigenvalue weighted by Crippen LogP contribution is 2.24. The first kappa shape index (κ1) is 25.5. The van der Waals surface area contributed by atoms with Gasteiger partial charge in [0.05, 0.1) is 23.2 Å². The number of fused-ring (bicyclic) bond motifs is 2. The molecule has 0 aliphatic heterocycles. The van der Waals surface area contributed by atoms with Crippen LogP contribution in [0.5, 0.6) is 0 Å². The highest BCUT2D eigenvalue weighted by Gasteiger charge is 2.22. The van der Waals surface area contributed by atoms with Crippen LogP contribution in [0.25, 0.3) is 33.3 Å². The number of nitrogens with one attached hydrogen (secondary N) is 1. The Labute approximate surface area is 222 Å². The molecule has 0 amide bonds. The average Bonchev–Trinajstić information content (AvgIpc) is 3.30. The Morgan fingerprint density at radius 3 is 2.68 bits per heavy atom. The molecule has 0 aliphatic rings. The van der Waals surface area contributed by atoms with Crippen LogP contribution in [0.2, 0.25) is 0 Å². The van der Waals surface area contributed by atoms with Gasteiger partial charge in [-0.25, -0.2) is 9.67 Å². The summed E-state index contributed by atoms with van der Waals surface area (Å²) in [6.07, 6.45) is 1.80. The van der Waals surface area contributed by atoms with Crippen LogP contribution in [0.3, 0.4) is 0 Å². The number of hydrogen-bond donors (Lipinski definition) is 1. The number of pyridine rings is 2. The molecule has 194 valence electrons. The standard InChI is InChI=1S/C30H32N6O2/c1-20-16-23(8-9-24(20)18-31-14-15-38-29(37)30(2,3)4)26-11-12-27-28(33-26)36(35-34-27)19-21-7-10-25-22(17-21)6-5-13-32-25/h5-13,16-17,31H,14-15,18-19H2,1-4H3. The van der Waals surface area contributed by atoms with Crippen LogP contribution in [-0.4, -0.2) is 44.1 Å². The minimum Gasteiger partial charge on any atom is -0.464 e. The average molecular weight is 509 g/mol. The molecule has 0 atom stereocenters. The molecular weight excluding hydrogens is 476 g/mol. The zero-order chi connectivity index (χ0) is 26.7. The molecule has 1 N–H and O–H groups in total. The highest BCUT2D eigenvalue weighted by atomic mass is 16.5. The Morgan fingerprint density at radius 2 is 1.87 bits per heavy atom. The van der Waals surface area contributed by atoms with E-state index in [9.17, 15) is 4.79 Å². The molecule has 0 spiro atoms. The number of rotatable bonds is 8. The van der Waals surface area contributed by atoms with Gasteiger partial charge < -0.3 is 10.1 Å². The first-order valence-corrected chi connectivity index (χ1v) is 12.8. The van der Waals surface area contributed by atoms with Gasteiger partial charge in [0, 0.05) is 30.2 Å². The molecule has 0 saturated carbocycles. The minimum atomic E-state index is -0.481. The lowest BCUT2D eigenvalue weighted by Crippen LogP contribution is -2.27. The second-order valence-corrected chi connectivity index (χ2v) is 10.5. The Morgan fingerprint density at radius 1 is 1.03 bits per heavy atom. The molecule has 3 heterocycles. The summed E-state index contributed by atoms with van der Waals surface area (Å²) in [4.78, 5) is 21.2. The third-order valence-corrected chi connectivity index (χ3v) is 6.44. The predicted molar refractivity (Wildman–Crippen MR) is 148 cm³/mol. The number of carbonyl (C=O) groups excluding carboxylic acids is 1. The summed E-state index contributed by atoms with van der Waals surface area (Å²) in [6.45, 7) is 9.89. The molecule has 5 rings (SSSR count). The van der Waals surface area contributed by atoms with Crippen molar-refractivity contribution in [1.29, 1.82) is 0 Å². The number of carbonyl (C=O) groups is 1. The summed E-state index contributed by atoms with van der Waals surface area (Å²) in [7, 11) is 0. The largest absolute Gasteiger partial charge is 0.464 e. The number of nitrogens with zero attached hydrogens (tertiary/aromatic N) is 5. The number of esters is 1. The van der Waals surface area contributed by atoms with Gasteiger partial charge in [0.15, 0.2) is 5.65 Å². The maximum atomic E-state index is 11.9. The molecule has 0 saturated heterocycles. The second-order valence-electron chi connectivity index (χ2n) is 10.5. The predicted octanol–water partition coefficient (Wildman–Crippen LogP) is 5.08. The van der Waals surface area contributed by atoms with Crippen molar-refractivity contribution in [2.75, 3.05) is 13.2 Å². The zero-order valence-corrected chi connectivity index (χ0v) is 22.2. The molecule has 38 heavy (non-hydrogen) atoms. The van der Waals surface area contributed by atoms with Crippen molar-refractivity contribution < 1.29 is 9.53 Å². The van der Waals surface area contributed by atoms with Crippen LogP contribution in [0.4, 0.5) is 0 Å². The fourth-order valence-electron chi connectivity index (χ4n) is 4.23. The first-order chi connectivity index (χ1) is 18.3. The van der Waals surface area contributed by atoms with E-state index in [2.05, 4.69) is 63.9 Å². The number of hydrogen-bond acceptors (Lipinski definition) is 7. The zero-order valence-electron chi connectivity index (χ0n) is 22.2. The summed E-state index contributed by atoms with van der Waals surface area (Å²) in [6, 6.07) is 20.5. The van der Waals surface area contributed by atoms with Crippen LogP contribution in [-0.2, 0) is 22.6 Å². The van der Waals surface area contributed by atoms with Gasteiger partial charge in [-0.1, -0.05) is 29.5 Å². The number of benzene rings is 2. The van der Waals surface area contributed by atoms with E-state index < -0.39 is 5.41 Å². The van der Waals surface area contributed by atoms with Crippen molar-refractivity contribution in [3.05, 3.63) is 83.6 Å². The second kappa shape index (κ2) is 10.7. The Kier molecular flexibility index (Phi) is 7.15. The molecule has 0 fully saturated rings. The summed E-state index contributed by atoms with van der Waals surface area (Å²) in [5.74, 6) is -0.185. The number of ether oxygens (including phenoxy) is 1. The monoisotopic (exact) mass is 508 g/mol. The molecule has 2 aromatic carbocycles.